The highest BCUT2D eigenvalue weighted by molar-refractivity contribution is 6.06. The van der Waals surface area contributed by atoms with Gasteiger partial charge in [-0.2, -0.15) is 9.98 Å². The van der Waals surface area contributed by atoms with E-state index in [9.17, 15) is 0 Å². The average molecular weight is 391 g/mol. The van der Waals surface area contributed by atoms with E-state index in [0.717, 1.165) is 45.2 Å². The summed E-state index contributed by atoms with van der Waals surface area (Å²) in [6.45, 7) is 21.1. The normalized spacial score (nSPS) is 16.5. The van der Waals surface area contributed by atoms with E-state index < -0.39 is 6.03 Å². The minimum absolute atomic E-state index is 0.830. The SMILES string of the molecule is CC1=NC2(N=C(C)c3c(C)c(C)c(C)c(C)c3O2)Oc2c(C)c(C)c(C)c(C)c21. The molecule has 4 rings (SSSR count). The van der Waals surface area contributed by atoms with Crippen molar-refractivity contribution in [3.05, 3.63) is 55.6 Å². The summed E-state index contributed by atoms with van der Waals surface area (Å²) in [7, 11) is 0. The molecule has 0 fully saturated rings. The molecular weight excluding hydrogens is 360 g/mol. The van der Waals surface area contributed by atoms with Crippen molar-refractivity contribution in [1.29, 1.82) is 0 Å². The summed E-state index contributed by atoms with van der Waals surface area (Å²) in [5.41, 5.74) is 13.6. The maximum Gasteiger partial charge on any atom is 0.471 e. The molecule has 0 aromatic heterocycles. The Balaban J connectivity index is 1.96. The molecule has 2 aromatic rings. The molecule has 0 aliphatic carbocycles. The largest absolute Gasteiger partial charge is 0.471 e. The Morgan fingerprint density at radius 3 is 1.10 bits per heavy atom. The lowest BCUT2D eigenvalue weighted by atomic mass is 9.90. The molecular formula is C25H30N2O2. The lowest BCUT2D eigenvalue weighted by Crippen LogP contribution is -2.46. The molecule has 0 amide bonds. The van der Waals surface area contributed by atoms with Crippen LogP contribution in [0.2, 0.25) is 0 Å². The number of aliphatic imine (C=N–C) groups is 2. The highest BCUT2D eigenvalue weighted by Gasteiger charge is 2.45. The van der Waals surface area contributed by atoms with Crippen molar-refractivity contribution in [3.63, 3.8) is 0 Å². The number of benzene rings is 2. The number of fused-ring (bicyclic) bond motifs is 2. The fourth-order valence-corrected chi connectivity index (χ4v) is 4.62. The second kappa shape index (κ2) is 6.19. The van der Waals surface area contributed by atoms with E-state index in [1.807, 2.05) is 13.8 Å². The van der Waals surface area contributed by atoms with Crippen LogP contribution in [0.4, 0.5) is 0 Å². The molecule has 2 aliphatic heterocycles. The quantitative estimate of drug-likeness (QED) is 0.565. The average Bonchev–Trinajstić information content (AvgIpc) is 2.66. The van der Waals surface area contributed by atoms with Gasteiger partial charge in [0.25, 0.3) is 0 Å². The first-order valence-electron chi connectivity index (χ1n) is 10.2. The van der Waals surface area contributed by atoms with Crippen LogP contribution < -0.4 is 9.47 Å². The Hall–Kier alpha value is -2.62. The van der Waals surface area contributed by atoms with Crippen LogP contribution in [0.1, 0.15) is 69.5 Å². The molecule has 2 aromatic carbocycles. The lowest BCUT2D eigenvalue weighted by molar-refractivity contribution is -0.104. The topological polar surface area (TPSA) is 43.2 Å². The summed E-state index contributed by atoms with van der Waals surface area (Å²) in [4.78, 5) is 9.69. The summed E-state index contributed by atoms with van der Waals surface area (Å²) in [6, 6.07) is -1.40. The molecule has 0 atom stereocenters. The van der Waals surface area contributed by atoms with Crippen LogP contribution in [0.25, 0.3) is 0 Å². The van der Waals surface area contributed by atoms with E-state index in [4.69, 9.17) is 19.5 Å². The summed E-state index contributed by atoms with van der Waals surface area (Å²) in [5.74, 6) is 1.66. The van der Waals surface area contributed by atoms with Crippen molar-refractivity contribution in [2.75, 3.05) is 0 Å². The van der Waals surface area contributed by atoms with E-state index in [-0.39, 0.29) is 0 Å². The third kappa shape index (κ3) is 2.58. The van der Waals surface area contributed by atoms with Gasteiger partial charge in [-0.25, -0.2) is 0 Å². The molecule has 29 heavy (non-hydrogen) atoms. The van der Waals surface area contributed by atoms with Gasteiger partial charge in [-0.1, -0.05) is 0 Å². The van der Waals surface area contributed by atoms with Crippen LogP contribution in [0.5, 0.6) is 11.5 Å². The van der Waals surface area contributed by atoms with Crippen LogP contribution in [0.15, 0.2) is 9.98 Å². The van der Waals surface area contributed by atoms with Crippen LogP contribution in [0.3, 0.4) is 0 Å². The summed E-state index contributed by atoms with van der Waals surface area (Å²) in [6.07, 6.45) is 0. The van der Waals surface area contributed by atoms with Crippen LogP contribution >= 0.6 is 0 Å². The van der Waals surface area contributed by atoms with Crippen molar-refractivity contribution in [2.45, 2.75) is 75.3 Å². The van der Waals surface area contributed by atoms with Crippen LogP contribution in [-0.4, -0.2) is 17.5 Å². The van der Waals surface area contributed by atoms with Crippen LogP contribution in [0, 0.1) is 55.4 Å². The molecule has 2 aliphatic rings. The lowest BCUT2D eigenvalue weighted by Gasteiger charge is -2.38. The van der Waals surface area contributed by atoms with E-state index in [2.05, 4.69) is 55.4 Å². The number of hydrogen-bond donors (Lipinski definition) is 0. The smallest absolute Gasteiger partial charge is 0.414 e. The first-order valence-corrected chi connectivity index (χ1v) is 10.2. The van der Waals surface area contributed by atoms with Gasteiger partial charge in [-0.05, 0) is 114 Å². The molecule has 2 heterocycles. The van der Waals surface area contributed by atoms with E-state index in [1.165, 1.54) is 33.4 Å². The van der Waals surface area contributed by atoms with E-state index in [0.29, 0.717) is 0 Å². The fourth-order valence-electron chi connectivity index (χ4n) is 4.62. The van der Waals surface area contributed by atoms with Crippen molar-refractivity contribution in [2.24, 2.45) is 9.98 Å². The minimum atomic E-state index is -1.40. The van der Waals surface area contributed by atoms with Gasteiger partial charge in [0.2, 0.25) is 0 Å². The molecule has 4 nitrogen and oxygen atoms in total. The second-order valence-corrected chi connectivity index (χ2v) is 8.56. The highest BCUT2D eigenvalue weighted by atomic mass is 16.7. The predicted molar refractivity (Wildman–Crippen MR) is 119 cm³/mol. The maximum atomic E-state index is 6.47. The minimum Gasteiger partial charge on any atom is -0.414 e. The molecule has 152 valence electrons. The first-order chi connectivity index (χ1) is 13.5. The second-order valence-electron chi connectivity index (χ2n) is 8.56. The van der Waals surface area contributed by atoms with E-state index >= 15 is 0 Å². The van der Waals surface area contributed by atoms with Gasteiger partial charge in [0.1, 0.15) is 11.5 Å². The molecule has 4 heteroatoms. The van der Waals surface area contributed by atoms with Gasteiger partial charge in [0, 0.05) is 11.1 Å². The van der Waals surface area contributed by atoms with Gasteiger partial charge >= 0.3 is 6.03 Å². The van der Waals surface area contributed by atoms with Gasteiger partial charge in [0.05, 0.1) is 11.4 Å². The fraction of sp³-hybridized carbons (Fsp3) is 0.440. The highest BCUT2D eigenvalue weighted by Crippen LogP contribution is 2.44. The Morgan fingerprint density at radius 1 is 0.448 bits per heavy atom. The molecule has 1 spiro atoms. The zero-order valence-electron chi connectivity index (χ0n) is 19.2. The first kappa shape index (κ1) is 19.7. The number of hydrogen-bond acceptors (Lipinski definition) is 4. The van der Waals surface area contributed by atoms with Gasteiger partial charge in [-0.15, -0.1) is 0 Å². The number of rotatable bonds is 0. The zero-order valence-corrected chi connectivity index (χ0v) is 19.2. The zero-order chi connectivity index (χ0) is 21.4. The van der Waals surface area contributed by atoms with Crippen molar-refractivity contribution < 1.29 is 9.47 Å². The maximum absolute atomic E-state index is 6.47. The van der Waals surface area contributed by atoms with Gasteiger partial charge in [0.15, 0.2) is 0 Å². The molecule has 0 bridgehead atoms. The van der Waals surface area contributed by atoms with Gasteiger partial charge < -0.3 is 9.47 Å². The molecule has 0 unspecified atom stereocenters. The van der Waals surface area contributed by atoms with Crippen molar-refractivity contribution >= 4 is 11.4 Å². The summed E-state index contributed by atoms with van der Waals surface area (Å²) in [5, 5.41) is 0. The van der Waals surface area contributed by atoms with Crippen molar-refractivity contribution in [3.8, 4) is 11.5 Å². The Labute approximate surface area is 173 Å². The molecule has 0 N–H and O–H groups in total. The summed E-state index contributed by atoms with van der Waals surface area (Å²) >= 11 is 0. The Morgan fingerprint density at radius 2 is 0.759 bits per heavy atom. The third-order valence-electron chi connectivity index (χ3n) is 7.07. The van der Waals surface area contributed by atoms with Crippen molar-refractivity contribution in [1.82, 2.24) is 0 Å². The van der Waals surface area contributed by atoms with E-state index in [1.54, 1.807) is 0 Å². The third-order valence-corrected chi connectivity index (χ3v) is 7.07. The Bertz CT molecular complexity index is 1060. The van der Waals surface area contributed by atoms with Gasteiger partial charge in [-0.3, -0.25) is 0 Å². The van der Waals surface area contributed by atoms with Crippen LogP contribution in [-0.2, 0) is 0 Å². The molecule has 0 saturated heterocycles. The monoisotopic (exact) mass is 390 g/mol. The molecule has 0 saturated carbocycles. The number of ether oxygens (including phenoxy) is 2. The Kier molecular flexibility index (Phi) is 4.20. The number of nitrogens with zero attached hydrogens (tertiary/aromatic N) is 2. The summed E-state index contributed by atoms with van der Waals surface area (Å²) < 4.78 is 12.9. The predicted octanol–water partition coefficient (Wildman–Crippen LogP) is 5.87. The molecule has 0 radical (unpaired) electrons. The standard InChI is InChI=1S/C25H30N2O2/c1-11-13(3)17(7)23-21(15(11)5)19(9)26-25(28-23)27-20(10)22-16(6)12(2)14(4)18(8)24(22)29-25/h1-10H3.